The van der Waals surface area contributed by atoms with Gasteiger partial charge in [0.05, 0.1) is 0 Å². The van der Waals surface area contributed by atoms with Gasteiger partial charge in [-0.05, 0) is 38.1 Å². The summed E-state index contributed by atoms with van der Waals surface area (Å²) in [5.41, 5.74) is 1.11. The second kappa shape index (κ2) is 6.33. The Morgan fingerprint density at radius 1 is 1.05 bits per heavy atom. The fraction of sp³-hybridized carbons (Fsp3) is 0.467. The van der Waals surface area contributed by atoms with E-state index in [1.165, 1.54) is 32.4 Å². The summed E-state index contributed by atoms with van der Waals surface area (Å²) in [5.74, 6) is 0.938. The Kier molecular flexibility index (Phi) is 4.28. The van der Waals surface area contributed by atoms with E-state index < -0.39 is 0 Å². The molecule has 0 amide bonds. The number of rotatable bonds is 4. The van der Waals surface area contributed by atoms with Crippen LogP contribution in [0, 0.1) is 4.77 Å². The number of aromatic nitrogens is 3. The summed E-state index contributed by atoms with van der Waals surface area (Å²) < 4.78 is 2.82. The van der Waals surface area contributed by atoms with Crippen LogP contribution in [0.3, 0.4) is 0 Å². The molecule has 1 aromatic heterocycles. The first-order chi connectivity index (χ1) is 9.84. The van der Waals surface area contributed by atoms with E-state index in [-0.39, 0.29) is 0 Å². The normalized spacial score (nSPS) is 16.4. The molecular formula is C15H20N4S. The van der Waals surface area contributed by atoms with Gasteiger partial charge in [0, 0.05) is 18.7 Å². The summed E-state index contributed by atoms with van der Waals surface area (Å²) in [6, 6.07) is 10.2. The maximum Gasteiger partial charge on any atom is 0.195 e. The third kappa shape index (κ3) is 2.99. The van der Waals surface area contributed by atoms with Crippen LogP contribution < -0.4 is 0 Å². The molecule has 0 spiro atoms. The van der Waals surface area contributed by atoms with Gasteiger partial charge in [0.25, 0.3) is 0 Å². The first-order valence-corrected chi connectivity index (χ1v) is 7.68. The van der Waals surface area contributed by atoms with Crippen LogP contribution in [-0.4, -0.2) is 39.3 Å². The number of hydrogen-bond donors (Lipinski definition) is 1. The maximum absolute atomic E-state index is 5.37. The third-order valence-corrected chi connectivity index (χ3v) is 4.19. The number of piperidine rings is 1. The van der Waals surface area contributed by atoms with E-state index in [1.807, 2.05) is 18.2 Å². The lowest BCUT2D eigenvalue weighted by Crippen LogP contribution is -2.32. The van der Waals surface area contributed by atoms with Gasteiger partial charge in [0.1, 0.15) is 0 Å². The summed E-state index contributed by atoms with van der Waals surface area (Å²) >= 11 is 5.37. The Hall–Kier alpha value is -1.46. The van der Waals surface area contributed by atoms with E-state index in [9.17, 15) is 0 Å². The van der Waals surface area contributed by atoms with Crippen LogP contribution in [-0.2, 0) is 6.54 Å². The van der Waals surface area contributed by atoms with Crippen molar-refractivity contribution in [2.24, 2.45) is 0 Å². The van der Waals surface area contributed by atoms with Gasteiger partial charge in [-0.3, -0.25) is 9.67 Å². The van der Waals surface area contributed by atoms with Crippen LogP contribution in [0.5, 0.6) is 0 Å². The first kappa shape index (κ1) is 13.5. The summed E-state index contributed by atoms with van der Waals surface area (Å²) in [5, 5.41) is 7.30. The molecule has 0 aliphatic carbocycles. The minimum Gasteiger partial charge on any atom is -0.302 e. The highest BCUT2D eigenvalue weighted by Crippen LogP contribution is 2.17. The number of hydrogen-bond acceptors (Lipinski definition) is 3. The second-order valence-electron chi connectivity index (χ2n) is 5.27. The van der Waals surface area contributed by atoms with Crippen LogP contribution in [0.4, 0.5) is 0 Å². The summed E-state index contributed by atoms with van der Waals surface area (Å²) in [6.45, 7) is 4.38. The van der Waals surface area contributed by atoms with Crippen LogP contribution in [0.25, 0.3) is 11.4 Å². The monoisotopic (exact) mass is 288 g/mol. The Morgan fingerprint density at radius 3 is 2.55 bits per heavy atom. The highest BCUT2D eigenvalue weighted by atomic mass is 32.1. The molecule has 3 rings (SSSR count). The fourth-order valence-electron chi connectivity index (χ4n) is 2.76. The van der Waals surface area contributed by atoms with Gasteiger partial charge >= 0.3 is 0 Å². The minimum absolute atomic E-state index is 0.709. The topological polar surface area (TPSA) is 36.9 Å². The van der Waals surface area contributed by atoms with Crippen molar-refractivity contribution in [2.45, 2.75) is 25.8 Å². The summed E-state index contributed by atoms with van der Waals surface area (Å²) in [7, 11) is 0. The van der Waals surface area contributed by atoms with Gasteiger partial charge in [-0.2, -0.15) is 5.10 Å². The van der Waals surface area contributed by atoms with E-state index >= 15 is 0 Å². The van der Waals surface area contributed by atoms with Gasteiger partial charge in [-0.1, -0.05) is 36.8 Å². The van der Waals surface area contributed by atoms with Crippen LogP contribution in [0.15, 0.2) is 30.3 Å². The third-order valence-electron chi connectivity index (χ3n) is 3.88. The highest BCUT2D eigenvalue weighted by molar-refractivity contribution is 7.71. The quantitative estimate of drug-likeness (QED) is 0.878. The molecule has 106 valence electrons. The molecule has 2 heterocycles. The molecule has 5 heteroatoms. The standard InChI is InChI=1S/C15H20N4S/c20-15-17-16-14(13-7-3-1-4-8-13)19(15)12-11-18-9-5-2-6-10-18/h1,3-4,7-8H,2,5-6,9-12H2,(H,17,20). The number of nitrogens with one attached hydrogen (secondary N) is 1. The minimum atomic E-state index is 0.709. The molecule has 4 nitrogen and oxygen atoms in total. The molecule has 1 saturated heterocycles. The summed E-state index contributed by atoms with van der Waals surface area (Å²) in [4.78, 5) is 2.52. The number of aromatic amines is 1. The van der Waals surface area contributed by atoms with Gasteiger partial charge in [-0.15, -0.1) is 0 Å². The molecule has 1 aromatic carbocycles. The van der Waals surface area contributed by atoms with Crippen LogP contribution in [0.1, 0.15) is 19.3 Å². The molecule has 0 unspecified atom stereocenters. The SMILES string of the molecule is S=c1[nH]nc(-c2ccccc2)n1CCN1CCCCC1. The lowest BCUT2D eigenvalue weighted by atomic mass is 10.1. The average Bonchev–Trinajstić information content (AvgIpc) is 2.88. The Balaban J connectivity index is 1.76. The molecule has 0 bridgehead atoms. The van der Waals surface area contributed by atoms with Crippen LogP contribution >= 0.6 is 12.2 Å². The zero-order valence-electron chi connectivity index (χ0n) is 11.6. The Bertz CT molecular complexity index is 596. The van der Waals surface area contributed by atoms with Gasteiger partial charge in [0.2, 0.25) is 0 Å². The largest absolute Gasteiger partial charge is 0.302 e. The van der Waals surface area contributed by atoms with Crippen molar-refractivity contribution in [2.75, 3.05) is 19.6 Å². The number of likely N-dealkylation sites (tertiary alicyclic amines) is 1. The lowest BCUT2D eigenvalue weighted by molar-refractivity contribution is 0.221. The van der Waals surface area contributed by atoms with Crippen LogP contribution in [0.2, 0.25) is 0 Å². The Labute approximate surface area is 124 Å². The molecule has 1 aliphatic heterocycles. The molecule has 0 saturated carbocycles. The zero-order chi connectivity index (χ0) is 13.8. The number of nitrogens with zero attached hydrogens (tertiary/aromatic N) is 3. The van der Waals surface area contributed by atoms with Gasteiger partial charge in [-0.25, -0.2) is 0 Å². The van der Waals surface area contributed by atoms with E-state index in [2.05, 4.69) is 31.8 Å². The lowest BCUT2D eigenvalue weighted by Gasteiger charge is -2.26. The molecular weight excluding hydrogens is 268 g/mol. The van der Waals surface area contributed by atoms with E-state index in [4.69, 9.17) is 12.2 Å². The highest BCUT2D eigenvalue weighted by Gasteiger charge is 2.12. The molecule has 2 aromatic rings. The smallest absolute Gasteiger partial charge is 0.195 e. The second-order valence-corrected chi connectivity index (χ2v) is 5.66. The van der Waals surface area contributed by atoms with Crippen molar-refractivity contribution in [1.82, 2.24) is 19.7 Å². The molecule has 0 atom stereocenters. The predicted molar refractivity (Wildman–Crippen MR) is 83.1 cm³/mol. The first-order valence-electron chi connectivity index (χ1n) is 7.27. The van der Waals surface area contributed by atoms with E-state index in [1.54, 1.807) is 0 Å². The van der Waals surface area contributed by atoms with Crippen molar-refractivity contribution in [3.05, 3.63) is 35.1 Å². The molecule has 1 N–H and O–H groups in total. The van der Waals surface area contributed by atoms with Gasteiger partial charge in [0.15, 0.2) is 10.6 Å². The van der Waals surface area contributed by atoms with Crippen molar-refractivity contribution in [3.8, 4) is 11.4 Å². The predicted octanol–water partition coefficient (Wildman–Crippen LogP) is 3.09. The van der Waals surface area contributed by atoms with Crippen molar-refractivity contribution < 1.29 is 0 Å². The number of H-pyrrole nitrogens is 1. The van der Waals surface area contributed by atoms with E-state index in [0.29, 0.717) is 4.77 Å². The zero-order valence-corrected chi connectivity index (χ0v) is 12.4. The Morgan fingerprint density at radius 2 is 1.80 bits per heavy atom. The van der Waals surface area contributed by atoms with Crippen molar-refractivity contribution in [3.63, 3.8) is 0 Å². The number of benzene rings is 1. The fourth-order valence-corrected chi connectivity index (χ4v) is 2.98. The average molecular weight is 288 g/mol. The van der Waals surface area contributed by atoms with Gasteiger partial charge < -0.3 is 4.90 Å². The van der Waals surface area contributed by atoms with Crippen molar-refractivity contribution >= 4 is 12.2 Å². The molecule has 0 radical (unpaired) electrons. The molecule has 20 heavy (non-hydrogen) atoms. The summed E-state index contributed by atoms with van der Waals surface area (Å²) in [6.07, 6.45) is 4.02. The van der Waals surface area contributed by atoms with Crippen molar-refractivity contribution in [1.29, 1.82) is 0 Å². The molecule has 1 fully saturated rings. The molecule has 1 aliphatic rings. The maximum atomic E-state index is 5.37. The van der Waals surface area contributed by atoms with E-state index in [0.717, 1.165) is 24.5 Å².